The van der Waals surface area contributed by atoms with Crippen LogP contribution in [0.1, 0.15) is 36.3 Å². The largest absolute Gasteiger partial charge is 0.485 e. The topological polar surface area (TPSA) is 141 Å². The summed E-state index contributed by atoms with van der Waals surface area (Å²) in [5, 5.41) is 25.4. The highest BCUT2D eigenvalue weighted by Crippen LogP contribution is 2.27. The van der Waals surface area contributed by atoms with Gasteiger partial charge in [0.2, 0.25) is 17.5 Å². The van der Waals surface area contributed by atoms with Crippen LogP contribution in [0.2, 0.25) is 0 Å². The molecule has 2 unspecified atom stereocenters. The Morgan fingerprint density at radius 2 is 1.64 bits per heavy atom. The van der Waals surface area contributed by atoms with Crippen LogP contribution < -0.4 is 15.4 Å². The molecule has 2 aromatic carbocycles. The summed E-state index contributed by atoms with van der Waals surface area (Å²) in [4.78, 5) is 40.4. The number of amides is 2. The van der Waals surface area contributed by atoms with Crippen molar-refractivity contribution in [1.82, 2.24) is 15.6 Å². The summed E-state index contributed by atoms with van der Waals surface area (Å²) in [5.41, 5.74) is 1.58. The third kappa shape index (κ3) is 6.66. The number of fused-ring (bicyclic) bond motifs is 1. The van der Waals surface area contributed by atoms with E-state index in [1.807, 2.05) is 6.07 Å². The van der Waals surface area contributed by atoms with E-state index in [4.69, 9.17) is 4.74 Å². The van der Waals surface area contributed by atoms with E-state index in [1.165, 1.54) is 0 Å². The minimum absolute atomic E-state index is 0.0287. The molecule has 2 amide bonds. The van der Waals surface area contributed by atoms with Gasteiger partial charge in [0.15, 0.2) is 17.4 Å². The maximum Gasteiger partial charge on any atom is 0.305 e. The average Bonchev–Trinajstić information content (AvgIpc) is 3.21. The first kappa shape index (κ1) is 29.4. The number of hydrogen-bond donors (Lipinski definition) is 5. The second-order valence-corrected chi connectivity index (χ2v) is 9.25. The predicted molar refractivity (Wildman–Crippen MR) is 131 cm³/mol. The molecule has 0 aliphatic carbocycles. The predicted octanol–water partition coefficient (Wildman–Crippen LogP) is 3.19. The fourth-order valence-corrected chi connectivity index (χ4v) is 3.96. The monoisotopic (exact) mass is 553 g/mol. The molecule has 39 heavy (non-hydrogen) atoms. The van der Waals surface area contributed by atoms with Crippen molar-refractivity contribution in [2.24, 2.45) is 5.92 Å². The Balaban J connectivity index is 1.75. The number of halogens is 4. The van der Waals surface area contributed by atoms with Crippen molar-refractivity contribution in [2.75, 3.05) is 6.61 Å². The van der Waals surface area contributed by atoms with Crippen molar-refractivity contribution in [3.05, 3.63) is 64.9 Å². The van der Waals surface area contributed by atoms with E-state index in [1.54, 1.807) is 39.0 Å². The number of carbonyl (C=O) groups excluding carboxylic acids is 2. The van der Waals surface area contributed by atoms with Crippen LogP contribution >= 0.6 is 0 Å². The van der Waals surface area contributed by atoms with Crippen LogP contribution in [0.3, 0.4) is 0 Å². The number of rotatable bonds is 11. The molecule has 0 saturated heterocycles. The number of ether oxygens (including phenoxy) is 1. The standard InChI is InChI=1S/C26H27F4N3O6/c1-11(2)22(33-26(38)23-12(3)13-6-4-5-7-16(13)31-23)25(37)32-17(9-19(35)36)18(34)10-39-24-20(29)14(27)8-15(28)21(24)30/h4-8,11,17-18,22,31,34H,9-10H2,1-3H3,(H,32,37)(H,33,38)(H,35,36)/t17?,18?,22-/m0/s1. The normalized spacial score (nSPS) is 13.7. The summed E-state index contributed by atoms with van der Waals surface area (Å²) >= 11 is 0. The second-order valence-electron chi connectivity index (χ2n) is 9.25. The van der Waals surface area contributed by atoms with Gasteiger partial charge in [-0.2, -0.15) is 8.78 Å². The number of aliphatic carboxylic acids is 1. The Morgan fingerprint density at radius 3 is 2.21 bits per heavy atom. The number of carboxylic acid groups (broad SMARTS) is 1. The van der Waals surface area contributed by atoms with Crippen molar-refractivity contribution in [1.29, 1.82) is 0 Å². The van der Waals surface area contributed by atoms with Gasteiger partial charge in [-0.15, -0.1) is 0 Å². The number of H-pyrrole nitrogens is 1. The summed E-state index contributed by atoms with van der Waals surface area (Å²) in [6.45, 7) is 3.95. The smallest absolute Gasteiger partial charge is 0.305 e. The number of nitrogens with one attached hydrogen (secondary N) is 3. The zero-order chi connectivity index (χ0) is 29.0. The summed E-state index contributed by atoms with van der Waals surface area (Å²) in [7, 11) is 0. The van der Waals surface area contributed by atoms with Gasteiger partial charge in [0.05, 0.1) is 12.5 Å². The van der Waals surface area contributed by atoms with Crippen molar-refractivity contribution >= 4 is 28.7 Å². The molecular weight excluding hydrogens is 526 g/mol. The number of hydrogen-bond acceptors (Lipinski definition) is 5. The summed E-state index contributed by atoms with van der Waals surface area (Å²) in [5.74, 6) is -12.0. The molecule has 13 heteroatoms. The maximum atomic E-state index is 13.9. The molecule has 0 aliphatic heterocycles. The van der Waals surface area contributed by atoms with E-state index in [2.05, 4.69) is 15.6 Å². The van der Waals surface area contributed by atoms with Gasteiger partial charge in [-0.05, 0) is 24.5 Å². The number of carbonyl (C=O) groups is 3. The fraction of sp³-hybridized carbons (Fsp3) is 0.346. The lowest BCUT2D eigenvalue weighted by atomic mass is 10.0. The lowest BCUT2D eigenvalue weighted by Crippen LogP contribution is -2.55. The molecule has 0 bridgehead atoms. The lowest BCUT2D eigenvalue weighted by Gasteiger charge is -2.27. The minimum Gasteiger partial charge on any atom is -0.485 e. The number of aryl methyl sites for hydroxylation is 1. The second kappa shape index (κ2) is 12.2. The van der Waals surface area contributed by atoms with Gasteiger partial charge in [0, 0.05) is 17.0 Å². The Bertz CT molecular complexity index is 1370. The zero-order valence-corrected chi connectivity index (χ0v) is 21.1. The molecule has 0 radical (unpaired) electrons. The fourth-order valence-electron chi connectivity index (χ4n) is 3.96. The molecule has 1 heterocycles. The van der Waals surface area contributed by atoms with E-state index in [0.717, 1.165) is 5.39 Å². The highest BCUT2D eigenvalue weighted by Gasteiger charge is 2.32. The summed E-state index contributed by atoms with van der Waals surface area (Å²) in [6.07, 6.45) is -2.73. The molecule has 3 aromatic rings. The third-order valence-corrected chi connectivity index (χ3v) is 6.09. The van der Waals surface area contributed by atoms with Crippen molar-refractivity contribution in [2.45, 2.75) is 45.4 Å². The number of aliphatic hydroxyl groups is 1. The molecule has 3 atom stereocenters. The lowest BCUT2D eigenvalue weighted by molar-refractivity contribution is -0.139. The Morgan fingerprint density at radius 1 is 1.03 bits per heavy atom. The van der Waals surface area contributed by atoms with Crippen LogP contribution in [0.4, 0.5) is 17.6 Å². The number of aliphatic hydroxyl groups excluding tert-OH is 1. The van der Waals surface area contributed by atoms with Gasteiger partial charge in [0.1, 0.15) is 24.4 Å². The molecule has 0 saturated carbocycles. The highest BCUT2D eigenvalue weighted by molar-refractivity contribution is 6.02. The van der Waals surface area contributed by atoms with E-state index in [9.17, 15) is 42.2 Å². The van der Waals surface area contributed by atoms with Gasteiger partial charge >= 0.3 is 5.97 Å². The molecule has 3 rings (SSSR count). The number of benzene rings is 2. The number of aromatic nitrogens is 1. The average molecular weight is 554 g/mol. The van der Waals surface area contributed by atoms with Gasteiger partial charge in [-0.25, -0.2) is 8.78 Å². The van der Waals surface area contributed by atoms with E-state index >= 15 is 0 Å². The van der Waals surface area contributed by atoms with Crippen molar-refractivity contribution in [3.63, 3.8) is 0 Å². The van der Waals surface area contributed by atoms with E-state index in [0.29, 0.717) is 11.1 Å². The highest BCUT2D eigenvalue weighted by atomic mass is 19.2. The summed E-state index contributed by atoms with van der Waals surface area (Å²) < 4.78 is 59.3. The van der Waals surface area contributed by atoms with Crippen LogP contribution in [-0.4, -0.2) is 57.8 Å². The molecule has 9 nitrogen and oxygen atoms in total. The first-order valence-corrected chi connectivity index (χ1v) is 11.9. The number of aromatic amines is 1. The first-order chi connectivity index (χ1) is 18.3. The van der Waals surface area contributed by atoms with Crippen LogP contribution in [0.15, 0.2) is 30.3 Å². The molecule has 0 spiro atoms. The third-order valence-electron chi connectivity index (χ3n) is 6.09. The van der Waals surface area contributed by atoms with Crippen molar-refractivity contribution < 1.29 is 46.9 Å². The minimum atomic E-state index is -1.88. The van der Waals surface area contributed by atoms with E-state index in [-0.39, 0.29) is 11.8 Å². The zero-order valence-electron chi connectivity index (χ0n) is 21.1. The quantitative estimate of drug-likeness (QED) is 0.183. The summed E-state index contributed by atoms with van der Waals surface area (Å²) in [6, 6.07) is 4.42. The van der Waals surface area contributed by atoms with Gasteiger partial charge in [0.25, 0.3) is 5.91 Å². The Kier molecular flexibility index (Phi) is 9.17. The van der Waals surface area contributed by atoms with Gasteiger partial charge in [-0.1, -0.05) is 32.0 Å². The van der Waals surface area contributed by atoms with E-state index < -0.39 is 83.9 Å². The van der Waals surface area contributed by atoms with Gasteiger partial charge < -0.3 is 30.6 Å². The maximum absolute atomic E-state index is 13.9. The number of carboxylic acids is 1. The van der Waals surface area contributed by atoms with Crippen LogP contribution in [0.5, 0.6) is 5.75 Å². The Labute approximate surface area is 220 Å². The molecule has 1 aromatic heterocycles. The molecular formula is C26H27F4N3O6. The van der Waals surface area contributed by atoms with Crippen LogP contribution in [-0.2, 0) is 9.59 Å². The van der Waals surface area contributed by atoms with Crippen molar-refractivity contribution in [3.8, 4) is 5.75 Å². The molecule has 0 fully saturated rings. The number of para-hydroxylation sites is 1. The van der Waals surface area contributed by atoms with Gasteiger partial charge in [-0.3, -0.25) is 14.4 Å². The van der Waals surface area contributed by atoms with Crippen LogP contribution in [0.25, 0.3) is 10.9 Å². The first-order valence-electron chi connectivity index (χ1n) is 11.9. The molecule has 210 valence electrons. The SMILES string of the molecule is Cc1c(C(=O)N[C@H](C(=O)NC(CC(=O)O)C(O)COc2c(F)c(F)cc(F)c2F)C(C)C)[nH]c2ccccc12. The molecule has 5 N–H and O–H groups in total. The van der Waals surface area contributed by atoms with Crippen LogP contribution in [0, 0.1) is 36.1 Å². The Hall–Kier alpha value is -4.13. The molecule has 0 aliphatic rings.